The number of carbonyl (C=O) groups excluding carboxylic acids is 1. The lowest BCUT2D eigenvalue weighted by atomic mass is 10.1. The Balaban J connectivity index is 1.75. The summed E-state index contributed by atoms with van der Waals surface area (Å²) in [6, 6.07) is 0.626. The first kappa shape index (κ1) is 13.8. The molecule has 18 heavy (non-hydrogen) atoms. The average molecular weight is 255 g/mol. The molecule has 3 N–H and O–H groups in total. The monoisotopic (exact) mass is 255 g/mol. The highest BCUT2D eigenvalue weighted by Crippen LogP contribution is 2.21. The normalized spacial score (nSPS) is 26.2. The van der Waals surface area contributed by atoms with Crippen molar-refractivity contribution >= 4 is 5.91 Å². The van der Waals surface area contributed by atoms with Crippen LogP contribution in [0.2, 0.25) is 0 Å². The highest BCUT2D eigenvalue weighted by molar-refractivity contribution is 5.77. The summed E-state index contributed by atoms with van der Waals surface area (Å²) in [5.74, 6) is 0.749. The summed E-state index contributed by atoms with van der Waals surface area (Å²) in [6.07, 6.45) is 3.96. The zero-order valence-electron chi connectivity index (χ0n) is 11.2. The van der Waals surface area contributed by atoms with Crippen LogP contribution < -0.4 is 11.1 Å². The molecule has 0 aromatic heterocycles. The van der Waals surface area contributed by atoms with Gasteiger partial charge in [0.05, 0.1) is 6.61 Å². The van der Waals surface area contributed by atoms with Crippen molar-refractivity contribution in [2.75, 3.05) is 33.4 Å². The van der Waals surface area contributed by atoms with Gasteiger partial charge in [-0.25, -0.2) is 0 Å². The molecule has 2 unspecified atom stereocenters. The van der Waals surface area contributed by atoms with Gasteiger partial charge in [-0.1, -0.05) is 0 Å². The molecule has 2 fully saturated rings. The summed E-state index contributed by atoms with van der Waals surface area (Å²) >= 11 is 0. The van der Waals surface area contributed by atoms with Crippen LogP contribution in [0.5, 0.6) is 0 Å². The fourth-order valence-corrected chi connectivity index (χ4v) is 2.66. The van der Waals surface area contributed by atoms with Crippen molar-refractivity contribution < 1.29 is 9.53 Å². The van der Waals surface area contributed by atoms with E-state index in [1.165, 1.54) is 0 Å². The van der Waals surface area contributed by atoms with Crippen LogP contribution in [0.25, 0.3) is 0 Å². The molecule has 1 aliphatic heterocycles. The van der Waals surface area contributed by atoms with Crippen LogP contribution in [-0.4, -0.2) is 56.2 Å². The maximum absolute atomic E-state index is 11.8. The van der Waals surface area contributed by atoms with Crippen molar-refractivity contribution in [1.29, 1.82) is 0 Å². The molecule has 0 spiro atoms. The second kappa shape index (κ2) is 6.50. The van der Waals surface area contributed by atoms with Gasteiger partial charge in [-0.3, -0.25) is 9.69 Å². The molecule has 0 aromatic carbocycles. The molecule has 5 nitrogen and oxygen atoms in total. The van der Waals surface area contributed by atoms with E-state index in [0.717, 1.165) is 39.0 Å². The molecule has 0 bridgehead atoms. The van der Waals surface area contributed by atoms with Crippen LogP contribution in [-0.2, 0) is 9.53 Å². The fourth-order valence-electron chi connectivity index (χ4n) is 2.66. The van der Waals surface area contributed by atoms with Gasteiger partial charge in [-0.15, -0.1) is 0 Å². The Morgan fingerprint density at radius 3 is 2.89 bits per heavy atom. The molecule has 2 atom stereocenters. The minimum atomic E-state index is 0.156. The summed E-state index contributed by atoms with van der Waals surface area (Å²) < 4.78 is 5.19. The molecule has 2 aliphatic rings. The number of carbonyl (C=O) groups is 1. The molecule has 2 rings (SSSR count). The van der Waals surface area contributed by atoms with Gasteiger partial charge < -0.3 is 15.8 Å². The minimum Gasteiger partial charge on any atom is -0.384 e. The van der Waals surface area contributed by atoms with E-state index in [0.29, 0.717) is 24.9 Å². The lowest BCUT2D eigenvalue weighted by Gasteiger charge is -2.26. The molecule has 1 aliphatic carbocycles. The molecular weight excluding hydrogens is 230 g/mol. The number of rotatable bonds is 7. The van der Waals surface area contributed by atoms with Crippen molar-refractivity contribution in [3.05, 3.63) is 0 Å². The van der Waals surface area contributed by atoms with Crippen LogP contribution in [0.3, 0.4) is 0 Å². The predicted octanol–water partition coefficient (Wildman–Crippen LogP) is -0.0493. The maximum Gasteiger partial charge on any atom is 0.221 e. The van der Waals surface area contributed by atoms with Gasteiger partial charge in [0.25, 0.3) is 0 Å². The number of hydrogen-bond donors (Lipinski definition) is 2. The number of hydrogen-bond acceptors (Lipinski definition) is 4. The first-order valence-electron chi connectivity index (χ1n) is 6.95. The van der Waals surface area contributed by atoms with E-state index in [1.54, 1.807) is 7.11 Å². The van der Waals surface area contributed by atoms with Crippen LogP contribution in [0.1, 0.15) is 25.7 Å². The largest absolute Gasteiger partial charge is 0.384 e. The Morgan fingerprint density at radius 1 is 1.50 bits per heavy atom. The lowest BCUT2D eigenvalue weighted by Crippen LogP contribution is -2.43. The Hall–Kier alpha value is -0.650. The topological polar surface area (TPSA) is 67.6 Å². The number of ether oxygens (including phenoxy) is 1. The smallest absolute Gasteiger partial charge is 0.221 e. The summed E-state index contributed by atoms with van der Waals surface area (Å²) in [5, 5.41) is 3.03. The molecular formula is C13H25N3O2. The average Bonchev–Trinajstić information content (AvgIpc) is 3.03. The molecule has 1 saturated heterocycles. The number of nitrogens with one attached hydrogen (secondary N) is 1. The van der Waals surface area contributed by atoms with E-state index in [1.807, 2.05) is 0 Å². The standard InChI is InChI=1S/C13H25N3O2/c1-18-9-10-4-5-16(8-10)12(7-14)6-13(17)15-11-2-3-11/h10-12H,2-9,14H2,1H3,(H,15,17). The number of nitrogens with two attached hydrogens (primary N) is 1. The molecule has 104 valence electrons. The molecule has 1 saturated carbocycles. The Labute approximate surface area is 109 Å². The maximum atomic E-state index is 11.8. The quantitative estimate of drug-likeness (QED) is 0.669. The summed E-state index contributed by atoms with van der Waals surface area (Å²) in [7, 11) is 1.74. The highest BCUT2D eigenvalue weighted by Gasteiger charge is 2.30. The number of nitrogens with zero attached hydrogens (tertiary/aromatic N) is 1. The van der Waals surface area contributed by atoms with E-state index in [2.05, 4.69) is 10.2 Å². The lowest BCUT2D eigenvalue weighted by molar-refractivity contribution is -0.122. The summed E-state index contributed by atoms with van der Waals surface area (Å²) in [6.45, 7) is 3.40. The van der Waals surface area contributed by atoms with Gasteiger partial charge in [-0.2, -0.15) is 0 Å². The van der Waals surface area contributed by atoms with Gasteiger partial charge in [0.2, 0.25) is 5.91 Å². The van der Waals surface area contributed by atoms with Crippen molar-refractivity contribution in [2.45, 2.75) is 37.8 Å². The van der Waals surface area contributed by atoms with E-state index < -0.39 is 0 Å². The first-order chi connectivity index (χ1) is 8.72. The zero-order valence-corrected chi connectivity index (χ0v) is 11.2. The number of amides is 1. The Kier molecular flexibility index (Phi) is 4.97. The second-order valence-electron chi connectivity index (χ2n) is 5.54. The van der Waals surface area contributed by atoms with Crippen LogP contribution >= 0.6 is 0 Å². The number of likely N-dealkylation sites (tertiary alicyclic amines) is 1. The van der Waals surface area contributed by atoms with Crippen molar-refractivity contribution in [1.82, 2.24) is 10.2 Å². The van der Waals surface area contributed by atoms with E-state index in [4.69, 9.17) is 10.5 Å². The van der Waals surface area contributed by atoms with Gasteiger partial charge in [0.15, 0.2) is 0 Å². The molecule has 0 aromatic rings. The summed E-state index contributed by atoms with van der Waals surface area (Å²) in [5.41, 5.74) is 5.81. The molecule has 1 heterocycles. The Morgan fingerprint density at radius 2 is 2.28 bits per heavy atom. The highest BCUT2D eigenvalue weighted by atomic mass is 16.5. The Bertz CT molecular complexity index is 281. The van der Waals surface area contributed by atoms with Crippen molar-refractivity contribution in [3.8, 4) is 0 Å². The third-order valence-corrected chi connectivity index (χ3v) is 3.87. The van der Waals surface area contributed by atoms with Gasteiger partial charge in [0.1, 0.15) is 0 Å². The van der Waals surface area contributed by atoms with Gasteiger partial charge in [-0.05, 0) is 31.7 Å². The van der Waals surface area contributed by atoms with Crippen molar-refractivity contribution in [2.24, 2.45) is 11.7 Å². The minimum absolute atomic E-state index is 0.156. The zero-order chi connectivity index (χ0) is 13.0. The predicted molar refractivity (Wildman–Crippen MR) is 70.2 cm³/mol. The van der Waals surface area contributed by atoms with E-state index in [9.17, 15) is 4.79 Å². The first-order valence-corrected chi connectivity index (χ1v) is 6.95. The summed E-state index contributed by atoms with van der Waals surface area (Å²) in [4.78, 5) is 14.2. The van der Waals surface area contributed by atoms with Gasteiger partial charge >= 0.3 is 0 Å². The van der Waals surface area contributed by atoms with Crippen molar-refractivity contribution in [3.63, 3.8) is 0 Å². The van der Waals surface area contributed by atoms with Crippen LogP contribution in [0.15, 0.2) is 0 Å². The third-order valence-electron chi connectivity index (χ3n) is 3.87. The second-order valence-corrected chi connectivity index (χ2v) is 5.54. The third kappa shape index (κ3) is 3.93. The molecule has 5 heteroatoms. The van der Waals surface area contributed by atoms with E-state index >= 15 is 0 Å². The molecule has 1 amide bonds. The molecule has 0 radical (unpaired) electrons. The van der Waals surface area contributed by atoms with Gasteiger partial charge in [0, 0.05) is 38.7 Å². The fraction of sp³-hybridized carbons (Fsp3) is 0.923. The van der Waals surface area contributed by atoms with E-state index in [-0.39, 0.29) is 11.9 Å². The van der Waals surface area contributed by atoms with Crippen LogP contribution in [0.4, 0.5) is 0 Å². The SMILES string of the molecule is COCC1CCN(C(CN)CC(=O)NC2CC2)C1. The van der Waals surface area contributed by atoms with Crippen LogP contribution in [0, 0.1) is 5.92 Å². The number of methoxy groups -OCH3 is 1.